The number of para-hydroxylation sites is 1. The maximum atomic E-state index is 11.5. The summed E-state index contributed by atoms with van der Waals surface area (Å²) in [6, 6.07) is 7.57. The van der Waals surface area contributed by atoms with E-state index in [1.54, 1.807) is 0 Å². The van der Waals surface area contributed by atoms with Crippen LogP contribution in [0.25, 0.3) is 5.57 Å². The lowest BCUT2D eigenvalue weighted by atomic mass is 10.1. The van der Waals surface area contributed by atoms with Gasteiger partial charge in [-0.1, -0.05) is 18.2 Å². The van der Waals surface area contributed by atoms with Gasteiger partial charge in [0, 0.05) is 11.3 Å². The van der Waals surface area contributed by atoms with Crippen LogP contribution in [0.4, 0.5) is 5.69 Å². The van der Waals surface area contributed by atoms with Crippen molar-refractivity contribution in [3.05, 3.63) is 36.1 Å². The maximum Gasteiger partial charge on any atom is 0.259 e. The maximum absolute atomic E-state index is 11.5. The molecule has 1 aliphatic heterocycles. The van der Waals surface area contributed by atoms with Crippen LogP contribution in [0.15, 0.2) is 30.5 Å². The second-order valence-electron chi connectivity index (χ2n) is 2.99. The van der Waals surface area contributed by atoms with E-state index in [0.29, 0.717) is 12.2 Å². The highest BCUT2D eigenvalue weighted by Crippen LogP contribution is 2.30. The first kappa shape index (κ1) is 8.81. The smallest absolute Gasteiger partial charge is 0.259 e. The number of hydrogen-bond donors (Lipinski definition) is 1. The molecule has 1 aliphatic rings. The minimum absolute atomic E-state index is 0.0975. The molecule has 2 rings (SSSR count). The lowest BCUT2D eigenvalue weighted by Gasteiger charge is -1.97. The molecule has 0 atom stereocenters. The zero-order valence-electron chi connectivity index (χ0n) is 7.91. The van der Waals surface area contributed by atoms with E-state index >= 15 is 0 Å². The predicted octanol–water partition coefficient (Wildman–Crippen LogP) is 2.02. The fourth-order valence-corrected chi connectivity index (χ4v) is 1.42. The van der Waals surface area contributed by atoms with Crippen LogP contribution >= 0.6 is 0 Å². The van der Waals surface area contributed by atoms with Gasteiger partial charge in [0.2, 0.25) is 0 Å². The van der Waals surface area contributed by atoms with E-state index in [1.165, 1.54) is 6.26 Å². The first-order valence-corrected chi connectivity index (χ1v) is 4.55. The van der Waals surface area contributed by atoms with Crippen molar-refractivity contribution in [1.29, 1.82) is 0 Å². The summed E-state index contributed by atoms with van der Waals surface area (Å²) >= 11 is 0. The highest BCUT2D eigenvalue weighted by Gasteiger charge is 2.23. The van der Waals surface area contributed by atoms with Crippen molar-refractivity contribution >= 4 is 17.2 Å². The molecule has 3 nitrogen and oxygen atoms in total. The van der Waals surface area contributed by atoms with Crippen LogP contribution in [0.3, 0.4) is 0 Å². The molecular weight excluding hydrogens is 178 g/mol. The Labute approximate surface area is 82.4 Å². The number of rotatable bonds is 2. The predicted molar refractivity (Wildman–Crippen MR) is 54.7 cm³/mol. The van der Waals surface area contributed by atoms with Gasteiger partial charge in [0.15, 0.2) is 0 Å². The lowest BCUT2D eigenvalue weighted by Crippen LogP contribution is -2.04. The van der Waals surface area contributed by atoms with E-state index in [4.69, 9.17) is 4.74 Å². The van der Waals surface area contributed by atoms with Gasteiger partial charge >= 0.3 is 0 Å². The van der Waals surface area contributed by atoms with E-state index < -0.39 is 0 Å². The number of benzene rings is 1. The largest absolute Gasteiger partial charge is 0.501 e. The van der Waals surface area contributed by atoms with Gasteiger partial charge in [-0.05, 0) is 13.0 Å². The van der Waals surface area contributed by atoms with E-state index in [0.717, 1.165) is 11.3 Å². The first-order chi connectivity index (χ1) is 6.83. The lowest BCUT2D eigenvalue weighted by molar-refractivity contribution is -0.110. The average Bonchev–Trinajstić information content (AvgIpc) is 2.51. The molecule has 72 valence electrons. The summed E-state index contributed by atoms with van der Waals surface area (Å²) in [6.07, 6.45) is 1.52. The van der Waals surface area contributed by atoms with E-state index in [9.17, 15) is 4.79 Å². The summed E-state index contributed by atoms with van der Waals surface area (Å²) in [5, 5.41) is 2.77. The van der Waals surface area contributed by atoms with Crippen LogP contribution in [0.5, 0.6) is 0 Å². The van der Waals surface area contributed by atoms with Gasteiger partial charge < -0.3 is 10.1 Å². The van der Waals surface area contributed by atoms with Gasteiger partial charge in [0.1, 0.15) is 0 Å². The molecule has 0 aliphatic carbocycles. The molecule has 0 saturated carbocycles. The molecule has 1 heterocycles. The Kier molecular flexibility index (Phi) is 2.23. The monoisotopic (exact) mass is 189 g/mol. The van der Waals surface area contributed by atoms with Crippen molar-refractivity contribution in [2.45, 2.75) is 6.92 Å². The molecule has 1 aromatic carbocycles. The number of nitrogens with one attached hydrogen (secondary N) is 1. The Bertz CT molecular complexity index is 396. The minimum atomic E-state index is -0.0975. The number of anilines is 1. The van der Waals surface area contributed by atoms with Crippen LogP contribution in [-0.4, -0.2) is 12.5 Å². The second-order valence-corrected chi connectivity index (χ2v) is 2.99. The first-order valence-electron chi connectivity index (χ1n) is 4.55. The molecular formula is C11H11NO2. The Morgan fingerprint density at radius 1 is 1.43 bits per heavy atom. The van der Waals surface area contributed by atoms with Gasteiger partial charge in [-0.3, -0.25) is 4.79 Å². The molecule has 0 spiro atoms. The van der Waals surface area contributed by atoms with Crippen molar-refractivity contribution in [2.24, 2.45) is 0 Å². The number of carbonyl (C=O) groups excluding carboxylic acids is 1. The van der Waals surface area contributed by atoms with Gasteiger partial charge in [-0.2, -0.15) is 0 Å². The van der Waals surface area contributed by atoms with E-state index in [2.05, 4.69) is 5.32 Å². The molecule has 0 unspecified atom stereocenters. The zero-order chi connectivity index (χ0) is 9.97. The van der Waals surface area contributed by atoms with Gasteiger partial charge in [-0.15, -0.1) is 0 Å². The van der Waals surface area contributed by atoms with Crippen LogP contribution in [0, 0.1) is 0 Å². The van der Waals surface area contributed by atoms with E-state index in [1.807, 2.05) is 31.2 Å². The molecule has 1 amide bonds. The number of carbonyl (C=O) groups is 1. The van der Waals surface area contributed by atoms with Crippen LogP contribution in [0.1, 0.15) is 12.5 Å². The SMILES string of the molecule is CCO/C=C1\C(=O)Nc2ccccc21. The van der Waals surface area contributed by atoms with Crippen molar-refractivity contribution < 1.29 is 9.53 Å². The number of hydrogen-bond acceptors (Lipinski definition) is 2. The van der Waals surface area contributed by atoms with Gasteiger partial charge in [0.25, 0.3) is 5.91 Å². The van der Waals surface area contributed by atoms with Crippen molar-refractivity contribution in [1.82, 2.24) is 0 Å². The normalized spacial score (nSPS) is 16.6. The van der Waals surface area contributed by atoms with Crippen molar-refractivity contribution in [2.75, 3.05) is 11.9 Å². The fraction of sp³-hybridized carbons (Fsp3) is 0.182. The quantitative estimate of drug-likeness (QED) is 0.571. The third-order valence-electron chi connectivity index (χ3n) is 2.08. The Morgan fingerprint density at radius 2 is 2.21 bits per heavy atom. The molecule has 0 fully saturated rings. The van der Waals surface area contributed by atoms with Gasteiger partial charge in [0.05, 0.1) is 18.4 Å². The Morgan fingerprint density at radius 3 is 3.00 bits per heavy atom. The fourth-order valence-electron chi connectivity index (χ4n) is 1.42. The van der Waals surface area contributed by atoms with E-state index in [-0.39, 0.29) is 5.91 Å². The number of fused-ring (bicyclic) bond motifs is 1. The van der Waals surface area contributed by atoms with Crippen LogP contribution in [0.2, 0.25) is 0 Å². The molecule has 0 radical (unpaired) electrons. The zero-order valence-corrected chi connectivity index (χ0v) is 7.91. The summed E-state index contributed by atoms with van der Waals surface area (Å²) in [6.45, 7) is 2.45. The molecule has 14 heavy (non-hydrogen) atoms. The number of amides is 1. The summed E-state index contributed by atoms with van der Waals surface area (Å²) < 4.78 is 5.12. The highest BCUT2D eigenvalue weighted by molar-refractivity contribution is 6.31. The number of ether oxygens (including phenoxy) is 1. The molecule has 1 aromatic rings. The van der Waals surface area contributed by atoms with Crippen molar-refractivity contribution in [3.8, 4) is 0 Å². The molecule has 0 bridgehead atoms. The summed E-state index contributed by atoms with van der Waals surface area (Å²) in [5.41, 5.74) is 2.36. The van der Waals surface area contributed by atoms with Crippen molar-refractivity contribution in [3.63, 3.8) is 0 Å². The molecule has 1 N–H and O–H groups in total. The van der Waals surface area contributed by atoms with Crippen LogP contribution in [-0.2, 0) is 9.53 Å². The summed E-state index contributed by atoms with van der Waals surface area (Å²) in [7, 11) is 0. The topological polar surface area (TPSA) is 38.3 Å². The Balaban J connectivity index is 2.39. The molecule has 0 aromatic heterocycles. The third-order valence-corrected chi connectivity index (χ3v) is 2.08. The summed E-state index contributed by atoms with van der Waals surface area (Å²) in [5.74, 6) is -0.0975. The summed E-state index contributed by atoms with van der Waals surface area (Å²) in [4.78, 5) is 11.5. The highest BCUT2D eigenvalue weighted by atomic mass is 16.5. The Hall–Kier alpha value is -1.77. The average molecular weight is 189 g/mol. The molecule has 0 saturated heterocycles. The second kappa shape index (κ2) is 3.54. The molecule has 3 heteroatoms. The third kappa shape index (κ3) is 1.37. The van der Waals surface area contributed by atoms with Gasteiger partial charge in [-0.25, -0.2) is 0 Å². The minimum Gasteiger partial charge on any atom is -0.501 e. The standard InChI is InChI=1S/C11H11NO2/c1-2-14-7-9-8-5-3-4-6-10(8)12-11(9)13/h3-7H,2H2,1H3,(H,12,13)/b9-7-. The van der Waals surface area contributed by atoms with Crippen LogP contribution < -0.4 is 5.32 Å².